The van der Waals surface area contributed by atoms with E-state index in [4.69, 9.17) is 5.73 Å². The normalized spacial score (nSPS) is 37.4. The predicted molar refractivity (Wildman–Crippen MR) is 77.8 cm³/mol. The molecule has 0 aromatic heterocycles. The minimum atomic E-state index is 0.236. The zero-order chi connectivity index (χ0) is 14.0. The summed E-state index contributed by atoms with van der Waals surface area (Å²) in [4.78, 5) is 16.9. The number of amides is 1. The number of hydrogen-bond donors (Lipinski definition) is 1. The fraction of sp³-hybridized carbons (Fsp3) is 0.933. The summed E-state index contributed by atoms with van der Waals surface area (Å²) in [5, 5.41) is 0. The highest BCUT2D eigenvalue weighted by atomic mass is 16.2. The lowest BCUT2D eigenvalue weighted by molar-refractivity contribution is -0.136. The minimum Gasteiger partial charge on any atom is -0.340 e. The Bertz CT molecular complexity index is 309. The smallest absolute Gasteiger partial charge is 0.223 e. The molecule has 2 fully saturated rings. The van der Waals surface area contributed by atoms with Crippen molar-refractivity contribution in [3.63, 3.8) is 0 Å². The van der Waals surface area contributed by atoms with Crippen LogP contribution >= 0.6 is 0 Å². The quantitative estimate of drug-likeness (QED) is 0.824. The number of carbonyl (C=O) groups excluding carboxylic acids is 1. The van der Waals surface area contributed by atoms with Gasteiger partial charge in [-0.15, -0.1) is 0 Å². The van der Waals surface area contributed by atoms with Gasteiger partial charge in [0.15, 0.2) is 0 Å². The van der Waals surface area contributed by atoms with Crippen molar-refractivity contribution in [2.24, 2.45) is 11.7 Å². The lowest BCUT2D eigenvalue weighted by Gasteiger charge is -2.43. The lowest BCUT2D eigenvalue weighted by Crippen LogP contribution is -2.56. The zero-order valence-electron chi connectivity index (χ0n) is 12.6. The van der Waals surface area contributed by atoms with E-state index in [-0.39, 0.29) is 6.04 Å². The summed E-state index contributed by atoms with van der Waals surface area (Å²) in [7, 11) is 2.15. The second-order valence-corrected chi connectivity index (χ2v) is 6.57. The van der Waals surface area contributed by atoms with E-state index in [2.05, 4.69) is 30.7 Å². The standard InChI is InChI=1S/C15H29N3O/c1-11-9-18(10-12(2)17(11)3)15(19)8-13-6-4-5-7-14(13)16/h11-14H,4-10,16H2,1-3H3. The van der Waals surface area contributed by atoms with Crippen molar-refractivity contribution in [1.82, 2.24) is 9.80 Å². The van der Waals surface area contributed by atoms with Gasteiger partial charge in [-0.05, 0) is 39.7 Å². The van der Waals surface area contributed by atoms with E-state index < -0.39 is 0 Å². The Kier molecular flexibility index (Phi) is 4.85. The molecule has 0 spiro atoms. The van der Waals surface area contributed by atoms with Crippen LogP contribution in [0.3, 0.4) is 0 Å². The molecule has 1 amide bonds. The molecule has 0 bridgehead atoms. The Labute approximate surface area is 117 Å². The van der Waals surface area contributed by atoms with Crippen molar-refractivity contribution in [3.8, 4) is 0 Å². The Balaban J connectivity index is 1.89. The van der Waals surface area contributed by atoms with Crippen molar-refractivity contribution in [2.45, 2.75) is 64.1 Å². The Morgan fingerprint density at radius 3 is 2.32 bits per heavy atom. The lowest BCUT2D eigenvalue weighted by atomic mass is 9.82. The first-order valence-electron chi connectivity index (χ1n) is 7.74. The third-order valence-electron chi connectivity index (χ3n) is 5.12. The second kappa shape index (κ2) is 6.23. The second-order valence-electron chi connectivity index (χ2n) is 6.57. The molecular weight excluding hydrogens is 238 g/mol. The Morgan fingerprint density at radius 1 is 1.16 bits per heavy atom. The third-order valence-corrected chi connectivity index (χ3v) is 5.12. The summed E-state index contributed by atoms with van der Waals surface area (Å²) in [6.45, 7) is 6.12. The van der Waals surface area contributed by atoms with Crippen LogP contribution in [0, 0.1) is 5.92 Å². The highest BCUT2D eigenvalue weighted by Crippen LogP contribution is 2.27. The maximum atomic E-state index is 12.5. The SMILES string of the molecule is CC1CN(C(=O)CC2CCCCC2N)CC(C)N1C. The van der Waals surface area contributed by atoms with Gasteiger partial charge in [0.1, 0.15) is 0 Å². The molecule has 1 aliphatic carbocycles. The van der Waals surface area contributed by atoms with Crippen LogP contribution in [0.25, 0.3) is 0 Å². The van der Waals surface area contributed by atoms with Crippen LogP contribution < -0.4 is 5.73 Å². The molecule has 1 saturated carbocycles. The molecule has 2 N–H and O–H groups in total. The molecule has 1 saturated heterocycles. The molecule has 110 valence electrons. The first-order chi connectivity index (χ1) is 8.99. The van der Waals surface area contributed by atoms with E-state index in [0.29, 0.717) is 30.3 Å². The zero-order valence-corrected chi connectivity index (χ0v) is 12.6. The predicted octanol–water partition coefficient (Wildman–Crippen LogP) is 1.45. The molecule has 1 aliphatic heterocycles. The molecule has 19 heavy (non-hydrogen) atoms. The number of rotatable bonds is 2. The van der Waals surface area contributed by atoms with Crippen molar-refractivity contribution >= 4 is 5.91 Å². The Morgan fingerprint density at radius 2 is 1.74 bits per heavy atom. The maximum absolute atomic E-state index is 12.5. The third kappa shape index (κ3) is 3.48. The number of nitrogens with zero attached hydrogens (tertiary/aromatic N) is 2. The van der Waals surface area contributed by atoms with Gasteiger partial charge in [0.25, 0.3) is 0 Å². The number of carbonyl (C=O) groups is 1. The van der Waals surface area contributed by atoms with E-state index in [1.807, 2.05) is 0 Å². The summed E-state index contributed by atoms with van der Waals surface area (Å²) in [5.74, 6) is 0.723. The van der Waals surface area contributed by atoms with Crippen LogP contribution in [0.5, 0.6) is 0 Å². The molecule has 4 unspecified atom stereocenters. The molecule has 0 radical (unpaired) electrons. The van der Waals surface area contributed by atoms with Gasteiger partial charge in [-0.3, -0.25) is 9.69 Å². The van der Waals surface area contributed by atoms with E-state index >= 15 is 0 Å². The van der Waals surface area contributed by atoms with Gasteiger partial charge in [0, 0.05) is 37.6 Å². The van der Waals surface area contributed by atoms with E-state index in [1.165, 1.54) is 12.8 Å². The molecule has 1 heterocycles. The van der Waals surface area contributed by atoms with Crippen LogP contribution in [-0.4, -0.2) is 54.0 Å². The number of piperazine rings is 1. The van der Waals surface area contributed by atoms with Gasteiger partial charge >= 0.3 is 0 Å². The summed E-state index contributed by atoms with van der Waals surface area (Å²) in [6.07, 6.45) is 5.35. The van der Waals surface area contributed by atoms with Crippen LogP contribution in [0.4, 0.5) is 0 Å². The van der Waals surface area contributed by atoms with Gasteiger partial charge in [-0.25, -0.2) is 0 Å². The van der Waals surface area contributed by atoms with Gasteiger partial charge < -0.3 is 10.6 Å². The summed E-state index contributed by atoms with van der Waals surface area (Å²) in [6, 6.07) is 1.14. The first kappa shape index (κ1) is 14.8. The monoisotopic (exact) mass is 267 g/mol. The molecule has 2 rings (SSSR count). The first-order valence-corrected chi connectivity index (χ1v) is 7.74. The van der Waals surface area contributed by atoms with Gasteiger partial charge in [0.05, 0.1) is 0 Å². The summed E-state index contributed by atoms with van der Waals surface area (Å²) in [5.41, 5.74) is 6.15. The van der Waals surface area contributed by atoms with E-state index in [9.17, 15) is 4.79 Å². The molecule has 4 heteroatoms. The fourth-order valence-electron chi connectivity index (χ4n) is 3.45. The van der Waals surface area contributed by atoms with Gasteiger partial charge in [-0.1, -0.05) is 12.8 Å². The number of nitrogens with two attached hydrogens (primary N) is 1. The van der Waals surface area contributed by atoms with E-state index in [1.54, 1.807) is 0 Å². The Hall–Kier alpha value is -0.610. The molecule has 0 aromatic carbocycles. The highest BCUT2D eigenvalue weighted by Gasteiger charge is 2.31. The molecule has 0 aromatic rings. The molecule has 4 nitrogen and oxygen atoms in total. The van der Waals surface area contributed by atoms with Crippen LogP contribution in [-0.2, 0) is 4.79 Å². The maximum Gasteiger partial charge on any atom is 0.223 e. The van der Waals surface area contributed by atoms with Crippen molar-refractivity contribution in [1.29, 1.82) is 0 Å². The fourth-order valence-corrected chi connectivity index (χ4v) is 3.45. The number of likely N-dealkylation sites (N-methyl/N-ethyl adjacent to an activating group) is 1. The van der Waals surface area contributed by atoms with Gasteiger partial charge in [0.2, 0.25) is 5.91 Å². The molecule has 4 atom stereocenters. The molecule has 2 aliphatic rings. The van der Waals surface area contributed by atoms with Crippen LogP contribution in [0.2, 0.25) is 0 Å². The van der Waals surface area contributed by atoms with Crippen molar-refractivity contribution < 1.29 is 4.79 Å². The summed E-state index contributed by atoms with van der Waals surface area (Å²) < 4.78 is 0. The van der Waals surface area contributed by atoms with Crippen LogP contribution in [0.15, 0.2) is 0 Å². The van der Waals surface area contributed by atoms with Crippen molar-refractivity contribution in [2.75, 3.05) is 20.1 Å². The molecular formula is C15H29N3O. The van der Waals surface area contributed by atoms with Crippen LogP contribution in [0.1, 0.15) is 46.0 Å². The van der Waals surface area contributed by atoms with E-state index in [0.717, 1.165) is 25.9 Å². The number of hydrogen-bond acceptors (Lipinski definition) is 3. The summed E-state index contributed by atoms with van der Waals surface area (Å²) >= 11 is 0. The average molecular weight is 267 g/mol. The van der Waals surface area contributed by atoms with Crippen molar-refractivity contribution in [3.05, 3.63) is 0 Å². The highest BCUT2D eigenvalue weighted by molar-refractivity contribution is 5.76. The van der Waals surface area contributed by atoms with Gasteiger partial charge in [-0.2, -0.15) is 0 Å². The largest absolute Gasteiger partial charge is 0.340 e. The minimum absolute atomic E-state index is 0.236. The average Bonchev–Trinajstić information content (AvgIpc) is 2.38. The topological polar surface area (TPSA) is 49.6 Å².